The number of aromatic nitrogens is 3. The van der Waals surface area contributed by atoms with E-state index < -0.39 is 10.8 Å². The molecular weight excluding hydrogens is 438 g/mol. The van der Waals surface area contributed by atoms with Crippen molar-refractivity contribution in [3.8, 4) is 11.3 Å². The number of aryl methyl sites for hydroxylation is 2. The van der Waals surface area contributed by atoms with E-state index in [1.54, 1.807) is 12.1 Å². The summed E-state index contributed by atoms with van der Waals surface area (Å²) < 4.78 is 0. The molecule has 0 saturated heterocycles. The maximum atomic E-state index is 12.9. The first-order chi connectivity index (χ1) is 15.7. The van der Waals surface area contributed by atoms with Gasteiger partial charge in [0.05, 0.1) is 10.9 Å². The lowest BCUT2D eigenvalue weighted by molar-refractivity contribution is -0.116. The Kier molecular flexibility index (Phi) is 7.65. The third kappa shape index (κ3) is 5.87. The molecule has 0 spiro atoms. The minimum absolute atomic E-state index is 0.0969. The van der Waals surface area contributed by atoms with Crippen molar-refractivity contribution >= 4 is 35.0 Å². The molecule has 0 aliphatic carbocycles. The van der Waals surface area contributed by atoms with E-state index in [4.69, 9.17) is 0 Å². The Bertz CT molecular complexity index is 1260. The van der Waals surface area contributed by atoms with Gasteiger partial charge in [-0.15, -0.1) is 10.2 Å². The fourth-order valence-electron chi connectivity index (χ4n) is 3.26. The molecule has 9 heteroatoms. The average Bonchev–Trinajstić information content (AvgIpc) is 2.76. The van der Waals surface area contributed by atoms with Crippen LogP contribution in [0.4, 0.5) is 11.4 Å². The van der Waals surface area contributed by atoms with Crippen molar-refractivity contribution in [1.82, 2.24) is 15.2 Å². The number of rotatable bonds is 7. The fourth-order valence-corrected chi connectivity index (χ4v) is 4.10. The molecule has 0 aliphatic rings. The molecule has 0 saturated carbocycles. The van der Waals surface area contributed by atoms with E-state index in [0.29, 0.717) is 17.7 Å². The smallest absolute Gasteiger partial charge is 0.278 e. The molecule has 3 aromatic rings. The molecule has 0 fully saturated rings. The first kappa shape index (κ1) is 24.2. The van der Waals surface area contributed by atoms with Crippen LogP contribution in [0, 0.1) is 20.8 Å². The minimum atomic E-state index is -0.463. The van der Waals surface area contributed by atoms with Crippen LogP contribution in [0.3, 0.4) is 0 Å². The Morgan fingerprint density at radius 2 is 1.82 bits per heavy atom. The summed E-state index contributed by atoms with van der Waals surface area (Å²) in [6, 6.07) is 11.1. The Morgan fingerprint density at radius 3 is 2.48 bits per heavy atom. The van der Waals surface area contributed by atoms with Crippen molar-refractivity contribution in [2.75, 3.05) is 10.6 Å². The highest BCUT2D eigenvalue weighted by molar-refractivity contribution is 8.00. The summed E-state index contributed by atoms with van der Waals surface area (Å²) in [7, 11) is 0. The van der Waals surface area contributed by atoms with Gasteiger partial charge in [-0.25, -0.2) is 0 Å². The molecule has 0 unspecified atom stereocenters. The lowest BCUT2D eigenvalue weighted by Gasteiger charge is -2.16. The number of carbonyl (C=O) groups is 2. The Morgan fingerprint density at radius 1 is 1.06 bits per heavy atom. The second-order valence-electron chi connectivity index (χ2n) is 7.79. The van der Waals surface area contributed by atoms with Crippen LogP contribution in [-0.2, 0) is 9.59 Å². The molecule has 0 aliphatic heterocycles. The highest BCUT2D eigenvalue weighted by Crippen LogP contribution is 2.27. The molecule has 8 nitrogen and oxygen atoms in total. The quantitative estimate of drug-likeness (QED) is 0.450. The zero-order valence-corrected chi connectivity index (χ0v) is 20.1. The largest absolute Gasteiger partial charge is 0.326 e. The van der Waals surface area contributed by atoms with Crippen molar-refractivity contribution in [2.45, 2.75) is 51.4 Å². The highest BCUT2D eigenvalue weighted by Gasteiger charge is 2.21. The molecule has 2 aromatic carbocycles. The van der Waals surface area contributed by atoms with Crippen LogP contribution < -0.4 is 16.2 Å². The molecule has 172 valence electrons. The molecular formula is C24H27N5O3S. The molecule has 33 heavy (non-hydrogen) atoms. The van der Waals surface area contributed by atoms with Gasteiger partial charge in [-0.05, 0) is 56.5 Å². The summed E-state index contributed by atoms with van der Waals surface area (Å²) in [6.45, 7) is 9.12. The van der Waals surface area contributed by atoms with E-state index in [9.17, 15) is 14.4 Å². The number of amides is 2. The SMILES string of the molecule is CC[C@@H](Sc1nnc(-c2cc(C)ccc2NC(C)=O)c(=O)[nH]1)C(=O)Nc1cccc(C)c1C. The number of carbonyl (C=O) groups excluding carboxylic acids is 2. The second kappa shape index (κ2) is 10.4. The van der Waals surface area contributed by atoms with Gasteiger partial charge in [0.15, 0.2) is 10.9 Å². The molecule has 2 amide bonds. The van der Waals surface area contributed by atoms with Gasteiger partial charge in [0.1, 0.15) is 0 Å². The zero-order valence-electron chi connectivity index (χ0n) is 19.3. The Hall–Kier alpha value is -3.46. The van der Waals surface area contributed by atoms with Crippen LogP contribution in [0.15, 0.2) is 46.3 Å². The van der Waals surface area contributed by atoms with Gasteiger partial charge in [-0.1, -0.05) is 42.4 Å². The van der Waals surface area contributed by atoms with Gasteiger partial charge in [-0.3, -0.25) is 19.4 Å². The summed E-state index contributed by atoms with van der Waals surface area (Å²) >= 11 is 1.15. The molecule has 3 rings (SSSR count). The van der Waals surface area contributed by atoms with Gasteiger partial charge in [0.2, 0.25) is 11.8 Å². The van der Waals surface area contributed by atoms with E-state index in [1.165, 1.54) is 6.92 Å². The lowest BCUT2D eigenvalue weighted by Crippen LogP contribution is -2.26. The van der Waals surface area contributed by atoms with Crippen molar-refractivity contribution in [3.05, 3.63) is 63.4 Å². The van der Waals surface area contributed by atoms with Crippen molar-refractivity contribution in [3.63, 3.8) is 0 Å². The Labute approximate surface area is 196 Å². The number of nitrogens with one attached hydrogen (secondary N) is 3. The first-order valence-corrected chi connectivity index (χ1v) is 11.5. The number of hydrogen-bond donors (Lipinski definition) is 3. The molecule has 3 N–H and O–H groups in total. The normalized spacial score (nSPS) is 11.7. The van der Waals surface area contributed by atoms with Crippen LogP contribution >= 0.6 is 11.8 Å². The molecule has 0 radical (unpaired) electrons. The lowest BCUT2D eigenvalue weighted by atomic mass is 10.1. The third-order valence-electron chi connectivity index (χ3n) is 5.20. The minimum Gasteiger partial charge on any atom is -0.326 e. The van der Waals surface area contributed by atoms with Crippen LogP contribution in [0.25, 0.3) is 11.3 Å². The summed E-state index contributed by atoms with van der Waals surface area (Å²) in [6.07, 6.45) is 0.539. The van der Waals surface area contributed by atoms with Gasteiger partial charge >= 0.3 is 0 Å². The van der Waals surface area contributed by atoms with E-state index in [2.05, 4.69) is 25.8 Å². The summed E-state index contributed by atoms with van der Waals surface area (Å²) in [4.78, 5) is 39.9. The summed E-state index contributed by atoms with van der Waals surface area (Å²) in [5.41, 5.74) is 4.38. The number of aromatic amines is 1. The summed E-state index contributed by atoms with van der Waals surface area (Å²) in [5, 5.41) is 13.7. The number of anilines is 2. The van der Waals surface area contributed by atoms with E-state index in [1.807, 2.05) is 52.0 Å². The van der Waals surface area contributed by atoms with Crippen LogP contribution in [0.5, 0.6) is 0 Å². The number of hydrogen-bond acceptors (Lipinski definition) is 6. The fraction of sp³-hybridized carbons (Fsp3) is 0.292. The van der Waals surface area contributed by atoms with Gasteiger partial charge in [0.25, 0.3) is 5.56 Å². The second-order valence-corrected chi connectivity index (χ2v) is 8.98. The topological polar surface area (TPSA) is 117 Å². The molecule has 1 atom stereocenters. The number of thioether (sulfide) groups is 1. The summed E-state index contributed by atoms with van der Waals surface area (Å²) in [5.74, 6) is -0.424. The van der Waals surface area contributed by atoms with Crippen LogP contribution in [0.1, 0.15) is 37.0 Å². The highest BCUT2D eigenvalue weighted by atomic mass is 32.2. The van der Waals surface area contributed by atoms with Crippen molar-refractivity contribution in [1.29, 1.82) is 0 Å². The molecule has 1 aromatic heterocycles. The van der Waals surface area contributed by atoms with E-state index >= 15 is 0 Å². The molecule has 1 heterocycles. The maximum Gasteiger partial charge on any atom is 0.278 e. The number of nitrogens with zero attached hydrogens (tertiary/aromatic N) is 2. The van der Waals surface area contributed by atoms with Gasteiger partial charge in [0, 0.05) is 18.2 Å². The average molecular weight is 466 g/mol. The van der Waals surface area contributed by atoms with Crippen molar-refractivity contribution in [2.24, 2.45) is 0 Å². The van der Waals surface area contributed by atoms with Crippen molar-refractivity contribution < 1.29 is 9.59 Å². The van der Waals surface area contributed by atoms with Crippen LogP contribution in [-0.4, -0.2) is 32.2 Å². The maximum absolute atomic E-state index is 12.9. The standard InChI is InChI=1S/C24H27N5O3S/c1-6-20(22(31)26-18-9-7-8-14(3)15(18)4)33-24-27-23(32)21(28-29-24)17-12-13(2)10-11-19(17)25-16(5)30/h7-12,20H,6H2,1-5H3,(H,25,30)(H,26,31)(H,27,29,32)/t20-/m1/s1. The third-order valence-corrected chi connectivity index (χ3v) is 6.44. The van der Waals surface area contributed by atoms with Gasteiger partial charge in [-0.2, -0.15) is 0 Å². The zero-order chi connectivity index (χ0) is 24.1. The van der Waals surface area contributed by atoms with Gasteiger partial charge < -0.3 is 10.6 Å². The van der Waals surface area contributed by atoms with E-state index in [-0.39, 0.29) is 22.7 Å². The number of benzene rings is 2. The van der Waals surface area contributed by atoms with E-state index in [0.717, 1.165) is 34.1 Å². The predicted molar refractivity (Wildman–Crippen MR) is 132 cm³/mol. The number of H-pyrrole nitrogens is 1. The predicted octanol–water partition coefficient (Wildman–Crippen LogP) is 4.22. The molecule has 0 bridgehead atoms. The monoisotopic (exact) mass is 465 g/mol. The van der Waals surface area contributed by atoms with Crippen LogP contribution in [0.2, 0.25) is 0 Å². The Balaban J connectivity index is 1.83. The first-order valence-electron chi connectivity index (χ1n) is 10.6.